The molecule has 7 nitrogen and oxygen atoms in total. The number of carbonyl (C=O) groups is 2. The van der Waals surface area contributed by atoms with Gasteiger partial charge in [0.05, 0.1) is 17.1 Å². The Morgan fingerprint density at radius 3 is 2.32 bits per heavy atom. The highest BCUT2D eigenvalue weighted by molar-refractivity contribution is 7.89. The molecule has 0 saturated carbocycles. The maximum absolute atomic E-state index is 12.1. The number of nitrogens with one attached hydrogen (secondary N) is 2. The Hall–Kier alpha value is -2.71. The second-order valence-electron chi connectivity index (χ2n) is 6.08. The predicted octanol–water partition coefficient (Wildman–Crippen LogP) is 2.95. The monoisotopic (exact) mass is 404 g/mol. The van der Waals surface area contributed by atoms with E-state index < -0.39 is 16.0 Å². The molecule has 0 aromatic heterocycles. The van der Waals surface area contributed by atoms with Gasteiger partial charge in [0.2, 0.25) is 15.9 Å². The molecule has 0 bridgehead atoms. The molecule has 2 rings (SSSR count). The van der Waals surface area contributed by atoms with Crippen LogP contribution < -0.4 is 10.0 Å². The van der Waals surface area contributed by atoms with E-state index in [0.717, 1.165) is 12.8 Å². The maximum atomic E-state index is 12.1. The summed E-state index contributed by atoms with van der Waals surface area (Å²) in [6.45, 7) is 2.37. The van der Waals surface area contributed by atoms with Crippen LogP contribution >= 0.6 is 0 Å². The van der Waals surface area contributed by atoms with Crippen LogP contribution in [-0.4, -0.2) is 33.4 Å². The first-order valence-electron chi connectivity index (χ1n) is 9.04. The van der Waals surface area contributed by atoms with Crippen molar-refractivity contribution in [3.63, 3.8) is 0 Å². The predicted molar refractivity (Wildman–Crippen MR) is 107 cm³/mol. The van der Waals surface area contributed by atoms with Crippen molar-refractivity contribution < 1.29 is 22.7 Å². The molecular formula is C20H24N2O5S. The number of ether oxygens (including phenoxy) is 1. The van der Waals surface area contributed by atoms with Crippen molar-refractivity contribution in [2.75, 3.05) is 18.5 Å². The van der Waals surface area contributed by atoms with Crippen LogP contribution in [0.2, 0.25) is 0 Å². The molecule has 0 radical (unpaired) electrons. The van der Waals surface area contributed by atoms with E-state index in [2.05, 4.69) is 10.0 Å². The van der Waals surface area contributed by atoms with Gasteiger partial charge in [0, 0.05) is 18.7 Å². The van der Waals surface area contributed by atoms with Crippen LogP contribution in [0.1, 0.15) is 36.5 Å². The van der Waals surface area contributed by atoms with Gasteiger partial charge in [0.25, 0.3) is 0 Å². The second kappa shape index (κ2) is 10.6. The molecule has 0 fully saturated rings. The number of rotatable bonds is 10. The highest BCUT2D eigenvalue weighted by atomic mass is 32.2. The van der Waals surface area contributed by atoms with E-state index in [1.807, 2.05) is 6.92 Å². The summed E-state index contributed by atoms with van der Waals surface area (Å²) < 4.78 is 31.7. The molecular weight excluding hydrogens is 380 g/mol. The summed E-state index contributed by atoms with van der Waals surface area (Å²) in [4.78, 5) is 24.0. The second-order valence-corrected chi connectivity index (χ2v) is 7.84. The summed E-state index contributed by atoms with van der Waals surface area (Å²) in [6, 6.07) is 14.3. The summed E-state index contributed by atoms with van der Waals surface area (Å²) in [7, 11) is -3.64. The number of amides is 1. The van der Waals surface area contributed by atoms with Crippen LogP contribution in [0.25, 0.3) is 0 Å². The highest BCUT2D eigenvalue weighted by Gasteiger charge is 2.13. The highest BCUT2D eigenvalue weighted by Crippen LogP contribution is 2.11. The Morgan fingerprint density at radius 2 is 1.68 bits per heavy atom. The average Bonchev–Trinajstić information content (AvgIpc) is 2.69. The molecule has 8 heteroatoms. The fraction of sp³-hybridized carbons (Fsp3) is 0.300. The van der Waals surface area contributed by atoms with E-state index in [1.165, 1.54) is 12.1 Å². The van der Waals surface area contributed by atoms with Gasteiger partial charge in [0.15, 0.2) is 0 Å². The maximum Gasteiger partial charge on any atom is 0.338 e. The zero-order valence-corrected chi connectivity index (χ0v) is 16.5. The molecule has 1 amide bonds. The Balaban J connectivity index is 1.79. The van der Waals surface area contributed by atoms with Gasteiger partial charge in [0.1, 0.15) is 0 Å². The number of anilines is 1. The van der Waals surface area contributed by atoms with Crippen molar-refractivity contribution >= 4 is 27.6 Å². The number of esters is 1. The molecule has 0 atom stereocenters. The molecule has 0 spiro atoms. The van der Waals surface area contributed by atoms with Crippen molar-refractivity contribution in [3.05, 3.63) is 60.2 Å². The van der Waals surface area contributed by atoms with Gasteiger partial charge in [-0.2, -0.15) is 0 Å². The molecule has 28 heavy (non-hydrogen) atoms. The summed E-state index contributed by atoms with van der Waals surface area (Å²) in [5.74, 6) is -0.740. The van der Waals surface area contributed by atoms with Gasteiger partial charge in [-0.25, -0.2) is 17.9 Å². The van der Waals surface area contributed by atoms with Crippen LogP contribution in [0.4, 0.5) is 5.69 Å². The Morgan fingerprint density at radius 1 is 1.00 bits per heavy atom. The average molecular weight is 404 g/mol. The van der Waals surface area contributed by atoms with Crippen molar-refractivity contribution in [3.8, 4) is 0 Å². The first-order valence-corrected chi connectivity index (χ1v) is 10.5. The van der Waals surface area contributed by atoms with Crippen molar-refractivity contribution in [1.82, 2.24) is 4.72 Å². The number of carbonyl (C=O) groups excluding carboxylic acids is 2. The van der Waals surface area contributed by atoms with E-state index in [9.17, 15) is 18.0 Å². The van der Waals surface area contributed by atoms with Crippen LogP contribution in [0.5, 0.6) is 0 Å². The van der Waals surface area contributed by atoms with E-state index in [4.69, 9.17) is 4.74 Å². The minimum Gasteiger partial charge on any atom is -0.462 e. The van der Waals surface area contributed by atoms with Gasteiger partial charge in [-0.3, -0.25) is 4.79 Å². The number of hydrogen-bond acceptors (Lipinski definition) is 5. The number of sulfonamides is 1. The fourth-order valence-corrected chi connectivity index (χ4v) is 3.34. The molecule has 2 aromatic rings. The zero-order chi connectivity index (χ0) is 20.4. The lowest BCUT2D eigenvalue weighted by molar-refractivity contribution is -0.116. The summed E-state index contributed by atoms with van der Waals surface area (Å²) in [6.07, 6.45) is 1.74. The first kappa shape index (κ1) is 21.6. The molecule has 150 valence electrons. The quantitative estimate of drug-likeness (QED) is 0.468. The third kappa shape index (κ3) is 6.79. The van der Waals surface area contributed by atoms with Crippen LogP contribution in [0.15, 0.2) is 59.5 Å². The van der Waals surface area contributed by atoms with Crippen molar-refractivity contribution in [1.29, 1.82) is 0 Å². The summed E-state index contributed by atoms with van der Waals surface area (Å²) in [5, 5.41) is 2.66. The van der Waals surface area contributed by atoms with E-state index in [1.54, 1.807) is 42.5 Å². The molecule has 0 heterocycles. The summed E-state index contributed by atoms with van der Waals surface area (Å²) >= 11 is 0. The van der Waals surface area contributed by atoms with Gasteiger partial charge < -0.3 is 10.1 Å². The van der Waals surface area contributed by atoms with E-state index in [0.29, 0.717) is 17.9 Å². The molecule has 0 aliphatic carbocycles. The Labute approximate surface area is 165 Å². The van der Waals surface area contributed by atoms with Crippen molar-refractivity contribution in [2.45, 2.75) is 31.1 Å². The molecule has 0 saturated heterocycles. The van der Waals surface area contributed by atoms with Gasteiger partial charge in [-0.05, 0) is 42.8 Å². The number of unbranched alkanes of at least 4 members (excludes halogenated alkanes) is 1. The summed E-state index contributed by atoms with van der Waals surface area (Å²) in [5.41, 5.74) is 0.922. The van der Waals surface area contributed by atoms with Crippen LogP contribution in [0, 0.1) is 0 Å². The van der Waals surface area contributed by atoms with Crippen LogP contribution in [-0.2, 0) is 19.6 Å². The minimum absolute atomic E-state index is 0.0210. The van der Waals surface area contributed by atoms with E-state index >= 15 is 0 Å². The van der Waals surface area contributed by atoms with Gasteiger partial charge in [-0.15, -0.1) is 0 Å². The zero-order valence-electron chi connectivity index (χ0n) is 15.7. The largest absolute Gasteiger partial charge is 0.462 e. The molecule has 0 aliphatic rings. The third-order valence-corrected chi connectivity index (χ3v) is 5.31. The molecule has 2 aromatic carbocycles. The number of benzene rings is 2. The molecule has 0 unspecified atom stereocenters. The smallest absolute Gasteiger partial charge is 0.338 e. The lowest BCUT2D eigenvalue weighted by Crippen LogP contribution is -2.27. The fourth-order valence-electron chi connectivity index (χ4n) is 2.29. The molecule has 0 aliphatic heterocycles. The lowest BCUT2D eigenvalue weighted by atomic mass is 10.2. The topological polar surface area (TPSA) is 102 Å². The van der Waals surface area contributed by atoms with Crippen LogP contribution in [0.3, 0.4) is 0 Å². The van der Waals surface area contributed by atoms with E-state index in [-0.39, 0.29) is 23.8 Å². The van der Waals surface area contributed by atoms with Crippen molar-refractivity contribution in [2.24, 2.45) is 0 Å². The first-order chi connectivity index (χ1) is 13.4. The standard InChI is InChI=1S/C20H24N2O5S/c1-2-3-15-27-20(24)16-9-11-17(12-10-16)22-19(23)13-14-21-28(25,26)18-7-5-4-6-8-18/h4-12,21H,2-3,13-15H2,1H3,(H,22,23). The Kier molecular flexibility index (Phi) is 8.16. The van der Waals surface area contributed by atoms with Gasteiger partial charge >= 0.3 is 5.97 Å². The number of hydrogen-bond donors (Lipinski definition) is 2. The normalized spacial score (nSPS) is 11.0. The minimum atomic E-state index is -3.64. The SMILES string of the molecule is CCCCOC(=O)c1ccc(NC(=O)CCNS(=O)(=O)c2ccccc2)cc1. The third-order valence-electron chi connectivity index (χ3n) is 3.83. The molecule has 2 N–H and O–H groups in total. The Bertz CT molecular complexity index is 881. The lowest BCUT2D eigenvalue weighted by Gasteiger charge is -2.08. The van der Waals surface area contributed by atoms with Gasteiger partial charge in [-0.1, -0.05) is 31.5 Å².